The minimum atomic E-state index is 0.480. The summed E-state index contributed by atoms with van der Waals surface area (Å²) in [4.78, 5) is 0. The predicted octanol–water partition coefficient (Wildman–Crippen LogP) is 2.93. The summed E-state index contributed by atoms with van der Waals surface area (Å²) in [6.45, 7) is 6.50. The average molecular weight is 162 g/mol. The zero-order valence-electron chi connectivity index (χ0n) is 6.22. The molecule has 0 saturated heterocycles. The third-order valence-electron chi connectivity index (χ3n) is 1.89. The molecule has 0 nitrogen and oxygen atoms in total. The van der Waals surface area contributed by atoms with Gasteiger partial charge in [-0.15, -0.1) is 12.6 Å². The number of thiol groups is 1. The van der Waals surface area contributed by atoms with E-state index >= 15 is 0 Å². The quantitative estimate of drug-likeness (QED) is 0.492. The van der Waals surface area contributed by atoms with Crippen molar-refractivity contribution < 1.29 is 0 Å². The molecular formula is C7H14S2. The van der Waals surface area contributed by atoms with Crippen molar-refractivity contribution in [1.29, 1.82) is 0 Å². The standard InChI is InChI=1S/C7H14S2/c1-4-5(2)6(3)7(8)9/h5-6H,4H2,1-3H3,(H,8,9). The molecule has 2 atom stereocenters. The molecule has 0 rings (SSSR count). The highest BCUT2D eigenvalue weighted by atomic mass is 32.1. The van der Waals surface area contributed by atoms with E-state index in [9.17, 15) is 0 Å². The van der Waals surface area contributed by atoms with Crippen molar-refractivity contribution in [3.63, 3.8) is 0 Å². The summed E-state index contributed by atoms with van der Waals surface area (Å²) in [5.74, 6) is 1.16. The maximum Gasteiger partial charge on any atom is 0.0478 e. The topological polar surface area (TPSA) is 0 Å². The second kappa shape index (κ2) is 4.29. The molecule has 0 heterocycles. The van der Waals surface area contributed by atoms with Gasteiger partial charge in [0.1, 0.15) is 0 Å². The lowest BCUT2D eigenvalue weighted by Crippen LogP contribution is -2.11. The Bertz CT molecular complexity index is 99.1. The molecule has 0 aromatic heterocycles. The Morgan fingerprint density at radius 2 is 2.00 bits per heavy atom. The van der Waals surface area contributed by atoms with Gasteiger partial charge >= 0.3 is 0 Å². The minimum Gasteiger partial charge on any atom is -0.136 e. The molecule has 0 bridgehead atoms. The van der Waals surface area contributed by atoms with Crippen molar-refractivity contribution in [2.24, 2.45) is 11.8 Å². The maximum atomic E-state index is 4.92. The largest absolute Gasteiger partial charge is 0.136 e. The van der Waals surface area contributed by atoms with Gasteiger partial charge < -0.3 is 0 Å². The van der Waals surface area contributed by atoms with Gasteiger partial charge in [0.15, 0.2) is 0 Å². The van der Waals surface area contributed by atoms with E-state index in [4.69, 9.17) is 12.2 Å². The van der Waals surface area contributed by atoms with Gasteiger partial charge in [-0.1, -0.05) is 39.4 Å². The van der Waals surface area contributed by atoms with Crippen molar-refractivity contribution in [2.45, 2.75) is 27.2 Å². The van der Waals surface area contributed by atoms with Crippen LogP contribution in [-0.4, -0.2) is 4.20 Å². The van der Waals surface area contributed by atoms with E-state index in [0.717, 1.165) is 4.20 Å². The molecule has 0 spiro atoms. The van der Waals surface area contributed by atoms with Gasteiger partial charge in [0.25, 0.3) is 0 Å². The first-order valence-electron chi connectivity index (χ1n) is 3.32. The highest BCUT2D eigenvalue weighted by Crippen LogP contribution is 2.17. The summed E-state index contributed by atoms with van der Waals surface area (Å²) < 4.78 is 0.837. The maximum absolute atomic E-state index is 4.92. The van der Waals surface area contributed by atoms with Gasteiger partial charge in [0.05, 0.1) is 0 Å². The molecule has 0 saturated carbocycles. The monoisotopic (exact) mass is 162 g/mol. The normalized spacial score (nSPS) is 16.9. The van der Waals surface area contributed by atoms with E-state index in [0.29, 0.717) is 11.8 Å². The second-order valence-electron chi connectivity index (χ2n) is 2.51. The van der Waals surface area contributed by atoms with Gasteiger partial charge in [-0.05, 0) is 11.8 Å². The fraction of sp³-hybridized carbons (Fsp3) is 0.857. The van der Waals surface area contributed by atoms with Gasteiger partial charge in [0, 0.05) is 4.20 Å². The lowest BCUT2D eigenvalue weighted by molar-refractivity contribution is 0.477. The van der Waals surface area contributed by atoms with Crippen molar-refractivity contribution in [1.82, 2.24) is 0 Å². The van der Waals surface area contributed by atoms with E-state index in [-0.39, 0.29) is 0 Å². The number of thiocarbonyl (C=S) groups is 1. The van der Waals surface area contributed by atoms with Crippen molar-refractivity contribution in [2.75, 3.05) is 0 Å². The Morgan fingerprint density at radius 3 is 2.11 bits per heavy atom. The van der Waals surface area contributed by atoms with Gasteiger partial charge in [-0.2, -0.15) is 0 Å². The molecule has 0 fully saturated rings. The number of hydrogen-bond acceptors (Lipinski definition) is 1. The number of hydrogen-bond donors (Lipinski definition) is 1. The first-order chi connectivity index (χ1) is 4.09. The Morgan fingerprint density at radius 1 is 1.56 bits per heavy atom. The summed E-state index contributed by atoms with van der Waals surface area (Å²) in [5.41, 5.74) is 0. The fourth-order valence-corrected chi connectivity index (χ4v) is 1.08. The highest BCUT2D eigenvalue weighted by molar-refractivity contribution is 8.11. The summed E-state index contributed by atoms with van der Waals surface area (Å²) in [6, 6.07) is 0. The molecule has 0 aliphatic heterocycles. The number of rotatable bonds is 3. The van der Waals surface area contributed by atoms with Gasteiger partial charge in [-0.3, -0.25) is 0 Å². The van der Waals surface area contributed by atoms with Gasteiger partial charge in [-0.25, -0.2) is 0 Å². The SMILES string of the molecule is CCC(C)C(C)C(=S)S. The van der Waals surface area contributed by atoms with Crippen LogP contribution in [0.3, 0.4) is 0 Å². The fourth-order valence-electron chi connectivity index (χ4n) is 0.597. The summed E-state index contributed by atoms with van der Waals surface area (Å²) in [6.07, 6.45) is 1.18. The van der Waals surface area contributed by atoms with Crippen LogP contribution in [-0.2, 0) is 0 Å². The zero-order valence-corrected chi connectivity index (χ0v) is 7.93. The van der Waals surface area contributed by atoms with Crippen LogP contribution in [0.2, 0.25) is 0 Å². The molecule has 0 aliphatic carbocycles. The van der Waals surface area contributed by atoms with Crippen LogP contribution >= 0.6 is 24.8 Å². The van der Waals surface area contributed by atoms with Crippen molar-refractivity contribution in [3.05, 3.63) is 0 Å². The van der Waals surface area contributed by atoms with E-state index in [1.54, 1.807) is 0 Å². The minimum absolute atomic E-state index is 0.480. The molecule has 0 amide bonds. The third-order valence-corrected chi connectivity index (χ3v) is 2.67. The van der Waals surface area contributed by atoms with Crippen LogP contribution in [0.5, 0.6) is 0 Å². The second-order valence-corrected chi connectivity index (χ2v) is 3.74. The Kier molecular flexibility index (Phi) is 4.50. The van der Waals surface area contributed by atoms with Crippen LogP contribution in [0.15, 0.2) is 0 Å². The molecular weight excluding hydrogens is 148 g/mol. The molecule has 0 N–H and O–H groups in total. The molecule has 0 aliphatic rings. The van der Waals surface area contributed by atoms with Crippen LogP contribution in [0.1, 0.15) is 27.2 Å². The van der Waals surface area contributed by atoms with E-state index < -0.39 is 0 Å². The van der Waals surface area contributed by atoms with E-state index in [1.807, 2.05) is 0 Å². The highest BCUT2D eigenvalue weighted by Gasteiger charge is 2.11. The van der Waals surface area contributed by atoms with Crippen molar-refractivity contribution >= 4 is 29.0 Å². The molecule has 0 aromatic rings. The van der Waals surface area contributed by atoms with Crippen LogP contribution in [0.4, 0.5) is 0 Å². The van der Waals surface area contributed by atoms with Crippen LogP contribution in [0, 0.1) is 11.8 Å². The molecule has 2 heteroatoms. The summed E-state index contributed by atoms with van der Waals surface area (Å²) in [7, 11) is 0. The molecule has 2 unspecified atom stereocenters. The van der Waals surface area contributed by atoms with Crippen LogP contribution < -0.4 is 0 Å². The van der Waals surface area contributed by atoms with E-state index in [1.165, 1.54) is 6.42 Å². The molecule has 54 valence electrons. The summed E-state index contributed by atoms with van der Waals surface area (Å²) in [5, 5.41) is 0. The zero-order chi connectivity index (χ0) is 7.44. The third kappa shape index (κ3) is 3.21. The molecule has 9 heavy (non-hydrogen) atoms. The Labute approximate surface area is 68.4 Å². The molecule has 0 radical (unpaired) electrons. The Balaban J connectivity index is 3.72. The van der Waals surface area contributed by atoms with Crippen molar-refractivity contribution in [3.8, 4) is 0 Å². The van der Waals surface area contributed by atoms with Crippen LogP contribution in [0.25, 0.3) is 0 Å². The lowest BCUT2D eigenvalue weighted by Gasteiger charge is -2.15. The molecule has 0 aromatic carbocycles. The first kappa shape index (κ1) is 9.44. The van der Waals surface area contributed by atoms with E-state index in [2.05, 4.69) is 33.4 Å². The first-order valence-corrected chi connectivity index (χ1v) is 4.18. The summed E-state index contributed by atoms with van der Waals surface area (Å²) >= 11 is 9.04. The smallest absolute Gasteiger partial charge is 0.0478 e. The average Bonchev–Trinajstić information content (AvgIpc) is 1.84. The predicted molar refractivity (Wildman–Crippen MR) is 50.2 cm³/mol. The van der Waals surface area contributed by atoms with Gasteiger partial charge in [0.2, 0.25) is 0 Å². The lowest BCUT2D eigenvalue weighted by atomic mass is 9.95. The Hall–Kier alpha value is 0.440.